The molecule has 1 aromatic heterocycles. The van der Waals surface area contributed by atoms with Gasteiger partial charge in [0.1, 0.15) is 11.6 Å². The zero-order chi connectivity index (χ0) is 17.9. The number of carbonyl (C=O) groups is 1. The van der Waals surface area contributed by atoms with Gasteiger partial charge in [-0.2, -0.15) is 13.2 Å². The molecule has 24 heavy (non-hydrogen) atoms. The molecule has 1 aromatic carbocycles. The van der Waals surface area contributed by atoms with Crippen molar-refractivity contribution in [3.8, 4) is 0 Å². The van der Waals surface area contributed by atoms with E-state index in [2.05, 4.69) is 4.99 Å². The largest absolute Gasteiger partial charge is 0.506 e. The van der Waals surface area contributed by atoms with Crippen LogP contribution in [-0.4, -0.2) is 23.3 Å². The maximum Gasteiger partial charge on any atom is 0.455 e. The molecule has 0 fully saturated rings. The van der Waals surface area contributed by atoms with E-state index in [1.54, 1.807) is 0 Å². The summed E-state index contributed by atoms with van der Waals surface area (Å²) in [5, 5.41) is 11.3. The molecule has 0 radical (unpaired) electrons. The molecule has 0 aliphatic carbocycles. The number of thiophene rings is 1. The second-order valence-corrected chi connectivity index (χ2v) is 5.78. The van der Waals surface area contributed by atoms with Crippen LogP contribution in [0.15, 0.2) is 46.3 Å². The van der Waals surface area contributed by atoms with E-state index in [4.69, 9.17) is 11.6 Å². The third kappa shape index (κ3) is 4.21. The quantitative estimate of drug-likeness (QED) is 0.338. The Morgan fingerprint density at radius 1 is 1.29 bits per heavy atom. The lowest BCUT2D eigenvalue weighted by atomic mass is 10.1. The fourth-order valence-corrected chi connectivity index (χ4v) is 2.43. The Balaban J connectivity index is 2.47. The van der Waals surface area contributed by atoms with Crippen molar-refractivity contribution in [2.45, 2.75) is 6.18 Å². The highest BCUT2D eigenvalue weighted by Gasteiger charge is 2.41. The average Bonchev–Trinajstić information content (AvgIpc) is 3.04. The number of hydrogen-bond donors (Lipinski definition) is 1. The van der Waals surface area contributed by atoms with Crippen LogP contribution < -0.4 is 0 Å². The molecule has 1 heterocycles. The van der Waals surface area contributed by atoms with Crippen LogP contribution in [0.2, 0.25) is 5.02 Å². The smallest absolute Gasteiger partial charge is 0.455 e. The number of halogens is 5. The van der Waals surface area contributed by atoms with E-state index in [0.717, 1.165) is 23.5 Å². The molecule has 0 unspecified atom stereocenters. The van der Waals surface area contributed by atoms with Gasteiger partial charge in [-0.3, -0.25) is 9.79 Å². The van der Waals surface area contributed by atoms with Crippen LogP contribution in [0.25, 0.3) is 5.76 Å². The molecule has 0 saturated heterocycles. The number of alkyl halides is 3. The van der Waals surface area contributed by atoms with Gasteiger partial charge >= 0.3 is 6.18 Å². The standard InChI is InChI=1S/C15H8ClF4NO2S/c16-10-4-3-8(6-11(10)17)21-7-9(14(23)15(18,19)20)13(22)12-2-1-5-24-12/h1-7,22H. The first-order valence-corrected chi connectivity index (χ1v) is 7.53. The maximum atomic E-state index is 13.3. The summed E-state index contributed by atoms with van der Waals surface area (Å²) < 4.78 is 51.5. The van der Waals surface area contributed by atoms with Crippen molar-refractivity contribution in [2.24, 2.45) is 4.99 Å². The number of allylic oxidation sites excluding steroid dienone is 1. The number of aliphatic hydroxyl groups is 1. The lowest BCUT2D eigenvalue weighted by Crippen LogP contribution is -2.26. The van der Waals surface area contributed by atoms with Gasteiger partial charge in [-0.15, -0.1) is 11.3 Å². The van der Waals surface area contributed by atoms with Crippen LogP contribution in [-0.2, 0) is 4.79 Å². The molecule has 0 amide bonds. The van der Waals surface area contributed by atoms with Gasteiger partial charge in [0, 0.05) is 12.3 Å². The summed E-state index contributed by atoms with van der Waals surface area (Å²) in [6, 6.07) is 6.14. The molecule has 0 saturated carbocycles. The van der Waals surface area contributed by atoms with Gasteiger partial charge in [0.15, 0.2) is 0 Å². The van der Waals surface area contributed by atoms with Crippen molar-refractivity contribution in [3.05, 3.63) is 57.0 Å². The van der Waals surface area contributed by atoms with Crippen molar-refractivity contribution in [1.82, 2.24) is 0 Å². The fraction of sp³-hybridized carbons (Fsp3) is 0.0667. The minimum Gasteiger partial charge on any atom is -0.506 e. The Morgan fingerprint density at radius 3 is 2.54 bits per heavy atom. The van der Waals surface area contributed by atoms with Gasteiger partial charge in [-0.25, -0.2) is 4.39 Å². The van der Waals surface area contributed by atoms with Crippen molar-refractivity contribution in [1.29, 1.82) is 0 Å². The van der Waals surface area contributed by atoms with Gasteiger partial charge in [0.25, 0.3) is 5.78 Å². The van der Waals surface area contributed by atoms with Gasteiger partial charge in [0.05, 0.1) is 21.2 Å². The summed E-state index contributed by atoms with van der Waals surface area (Å²) in [5.74, 6) is -3.93. The molecule has 0 spiro atoms. The molecule has 1 N–H and O–H groups in total. The molecule has 0 bridgehead atoms. The lowest BCUT2D eigenvalue weighted by molar-refractivity contribution is -0.165. The SMILES string of the molecule is O=C(C(C=Nc1ccc(Cl)c(F)c1)=C(O)c1cccs1)C(F)(F)F. The molecule has 0 aliphatic heterocycles. The normalized spacial score (nSPS) is 13.2. The third-order valence-corrected chi connectivity index (χ3v) is 3.94. The van der Waals surface area contributed by atoms with Crippen LogP contribution >= 0.6 is 22.9 Å². The van der Waals surface area contributed by atoms with E-state index in [9.17, 15) is 27.5 Å². The number of rotatable bonds is 4. The Labute approximate surface area is 142 Å². The predicted molar refractivity (Wildman–Crippen MR) is 84.5 cm³/mol. The highest BCUT2D eigenvalue weighted by atomic mass is 35.5. The van der Waals surface area contributed by atoms with E-state index in [1.165, 1.54) is 23.6 Å². The minimum atomic E-state index is -5.20. The number of aliphatic imine (C=N–C) groups is 1. The van der Waals surface area contributed by atoms with Crippen LogP contribution in [0.1, 0.15) is 4.88 Å². The molecular formula is C15H8ClF4NO2S. The molecule has 3 nitrogen and oxygen atoms in total. The number of benzene rings is 1. The Hall–Kier alpha value is -2.19. The Bertz CT molecular complexity index is 813. The van der Waals surface area contributed by atoms with Gasteiger partial charge in [0.2, 0.25) is 0 Å². The van der Waals surface area contributed by atoms with Crippen LogP contribution in [0, 0.1) is 5.82 Å². The first-order chi connectivity index (χ1) is 11.2. The number of aliphatic hydroxyl groups excluding tert-OH is 1. The second kappa shape index (κ2) is 7.14. The van der Waals surface area contributed by atoms with Crippen LogP contribution in [0.4, 0.5) is 23.2 Å². The lowest BCUT2D eigenvalue weighted by Gasteiger charge is -2.08. The summed E-state index contributed by atoms with van der Waals surface area (Å²) in [6.45, 7) is 0. The van der Waals surface area contributed by atoms with Gasteiger partial charge in [-0.05, 0) is 23.6 Å². The van der Waals surface area contributed by atoms with Crippen LogP contribution in [0.5, 0.6) is 0 Å². The first-order valence-electron chi connectivity index (χ1n) is 6.28. The second-order valence-electron chi connectivity index (χ2n) is 4.42. The minimum absolute atomic E-state index is 0.0661. The summed E-state index contributed by atoms with van der Waals surface area (Å²) >= 11 is 6.44. The average molecular weight is 378 g/mol. The molecular weight excluding hydrogens is 370 g/mol. The van der Waals surface area contributed by atoms with Gasteiger partial charge < -0.3 is 5.11 Å². The van der Waals surface area contributed by atoms with E-state index in [0.29, 0.717) is 6.21 Å². The van der Waals surface area contributed by atoms with Crippen molar-refractivity contribution in [2.75, 3.05) is 0 Å². The zero-order valence-electron chi connectivity index (χ0n) is 11.6. The summed E-state index contributed by atoms with van der Waals surface area (Å²) in [4.78, 5) is 15.2. The summed E-state index contributed by atoms with van der Waals surface area (Å²) in [7, 11) is 0. The van der Waals surface area contributed by atoms with E-state index in [1.807, 2.05) is 0 Å². The molecule has 0 aliphatic rings. The summed E-state index contributed by atoms with van der Waals surface area (Å²) in [6.07, 6.45) is -4.65. The fourth-order valence-electron chi connectivity index (χ4n) is 1.63. The number of carbonyl (C=O) groups excluding carboxylic acids is 1. The Kier molecular flexibility index (Phi) is 5.40. The van der Waals surface area contributed by atoms with Crippen molar-refractivity contribution in [3.63, 3.8) is 0 Å². The molecule has 126 valence electrons. The Morgan fingerprint density at radius 2 is 2.00 bits per heavy atom. The molecule has 0 atom stereocenters. The number of nitrogens with zero attached hydrogens (tertiary/aromatic N) is 1. The van der Waals surface area contributed by atoms with E-state index in [-0.39, 0.29) is 15.6 Å². The zero-order valence-corrected chi connectivity index (χ0v) is 13.2. The monoisotopic (exact) mass is 377 g/mol. The van der Waals surface area contributed by atoms with Crippen molar-refractivity contribution >= 4 is 46.4 Å². The highest BCUT2D eigenvalue weighted by molar-refractivity contribution is 7.11. The first kappa shape index (κ1) is 18.2. The predicted octanol–water partition coefficient (Wildman–Crippen LogP) is 5.34. The molecule has 2 aromatic rings. The number of hydrogen-bond acceptors (Lipinski definition) is 4. The molecule has 2 rings (SSSR count). The number of Topliss-reactive ketones (excluding diaryl/α,β-unsaturated/α-hetero) is 1. The highest BCUT2D eigenvalue weighted by Crippen LogP contribution is 2.28. The maximum absolute atomic E-state index is 13.3. The van der Waals surface area contributed by atoms with Crippen molar-refractivity contribution < 1.29 is 27.5 Å². The summed E-state index contributed by atoms with van der Waals surface area (Å²) in [5.41, 5.74) is -1.11. The van der Waals surface area contributed by atoms with Crippen LogP contribution in [0.3, 0.4) is 0 Å². The molecule has 9 heteroatoms. The topological polar surface area (TPSA) is 49.7 Å². The van der Waals surface area contributed by atoms with Gasteiger partial charge in [-0.1, -0.05) is 17.7 Å². The van der Waals surface area contributed by atoms with E-state index < -0.39 is 29.1 Å². The van der Waals surface area contributed by atoms with E-state index >= 15 is 0 Å². The number of ketones is 1. The third-order valence-electron chi connectivity index (χ3n) is 2.76.